The van der Waals surface area contributed by atoms with Crippen molar-refractivity contribution < 1.29 is 9.59 Å². The minimum absolute atomic E-state index is 0.0506. The number of anilines is 1. The number of piperidine rings is 1. The van der Waals surface area contributed by atoms with Gasteiger partial charge in [0.15, 0.2) is 0 Å². The molecule has 1 aliphatic heterocycles. The van der Waals surface area contributed by atoms with Crippen molar-refractivity contribution in [3.63, 3.8) is 0 Å². The summed E-state index contributed by atoms with van der Waals surface area (Å²) in [5.41, 5.74) is 6.81. The molecule has 0 spiro atoms. The number of thiophene rings is 1. The molecular formula is C18H19N5O2S. The fourth-order valence-corrected chi connectivity index (χ4v) is 4.00. The molecule has 0 unspecified atom stereocenters. The highest BCUT2D eigenvalue weighted by Gasteiger charge is 2.22. The first kappa shape index (κ1) is 17.9. The summed E-state index contributed by atoms with van der Waals surface area (Å²) in [4.78, 5) is 25.1. The number of hydrogen-bond acceptors (Lipinski definition) is 5. The Bertz CT molecular complexity index is 865. The monoisotopic (exact) mass is 369 g/mol. The molecule has 0 saturated carbocycles. The van der Waals surface area contributed by atoms with Crippen LogP contribution in [0.2, 0.25) is 0 Å². The van der Waals surface area contributed by atoms with Gasteiger partial charge in [0.1, 0.15) is 4.88 Å². The van der Waals surface area contributed by atoms with E-state index in [0.717, 1.165) is 30.8 Å². The molecule has 3 amide bonds. The Morgan fingerprint density at radius 2 is 2.15 bits per heavy atom. The highest BCUT2D eigenvalue weighted by Crippen LogP contribution is 2.36. The van der Waals surface area contributed by atoms with Gasteiger partial charge in [-0.15, -0.1) is 11.3 Å². The summed E-state index contributed by atoms with van der Waals surface area (Å²) in [6, 6.07) is 10.3. The Morgan fingerprint density at radius 3 is 2.85 bits per heavy atom. The van der Waals surface area contributed by atoms with E-state index >= 15 is 0 Å². The van der Waals surface area contributed by atoms with Crippen molar-refractivity contribution in [3.8, 4) is 16.5 Å². The highest BCUT2D eigenvalue weighted by atomic mass is 32.1. The second-order valence-corrected chi connectivity index (χ2v) is 7.07. The smallest absolute Gasteiger partial charge is 0.316 e. The topological polar surface area (TPSA) is 120 Å². The summed E-state index contributed by atoms with van der Waals surface area (Å²) in [5, 5.41) is 18.1. The van der Waals surface area contributed by atoms with E-state index in [4.69, 9.17) is 5.73 Å². The molecule has 0 bridgehead atoms. The Hall–Kier alpha value is -2.89. The lowest BCUT2D eigenvalue weighted by Gasteiger charge is -2.23. The summed E-state index contributed by atoms with van der Waals surface area (Å²) >= 11 is 1.23. The lowest BCUT2D eigenvalue weighted by atomic mass is 10.1. The average Bonchev–Trinajstić information content (AvgIpc) is 3.05. The third-order valence-corrected chi connectivity index (χ3v) is 5.31. The number of nitriles is 1. The Labute approximate surface area is 155 Å². The quantitative estimate of drug-likeness (QED) is 0.660. The van der Waals surface area contributed by atoms with Crippen LogP contribution in [0.25, 0.3) is 10.4 Å². The maximum absolute atomic E-state index is 12.7. The fourth-order valence-electron chi connectivity index (χ4n) is 2.94. The summed E-state index contributed by atoms with van der Waals surface area (Å²) < 4.78 is 0. The van der Waals surface area contributed by atoms with Gasteiger partial charge in [0.05, 0.1) is 17.3 Å². The van der Waals surface area contributed by atoms with E-state index < -0.39 is 6.03 Å². The third-order valence-electron chi connectivity index (χ3n) is 4.14. The van der Waals surface area contributed by atoms with Crippen LogP contribution in [0.5, 0.6) is 0 Å². The van der Waals surface area contributed by atoms with Gasteiger partial charge in [0.2, 0.25) is 0 Å². The van der Waals surface area contributed by atoms with E-state index in [-0.39, 0.29) is 11.9 Å². The fraction of sp³-hybridized carbons (Fsp3) is 0.278. The number of carbonyl (C=O) groups is 2. The van der Waals surface area contributed by atoms with Gasteiger partial charge < -0.3 is 21.7 Å². The van der Waals surface area contributed by atoms with Crippen LogP contribution < -0.4 is 21.7 Å². The second-order valence-electron chi connectivity index (χ2n) is 6.02. The molecule has 7 nitrogen and oxygen atoms in total. The first-order chi connectivity index (χ1) is 12.6. The van der Waals surface area contributed by atoms with E-state index in [0.29, 0.717) is 21.7 Å². The van der Waals surface area contributed by atoms with Gasteiger partial charge >= 0.3 is 6.03 Å². The van der Waals surface area contributed by atoms with Gasteiger partial charge in [-0.25, -0.2) is 4.79 Å². The van der Waals surface area contributed by atoms with Crippen LogP contribution in [0.1, 0.15) is 28.1 Å². The van der Waals surface area contributed by atoms with Gasteiger partial charge in [0.25, 0.3) is 5.91 Å². The van der Waals surface area contributed by atoms with E-state index in [1.165, 1.54) is 11.3 Å². The highest BCUT2D eigenvalue weighted by molar-refractivity contribution is 7.18. The normalized spacial score (nSPS) is 16.5. The number of carbonyl (C=O) groups excluding carboxylic acids is 2. The van der Waals surface area contributed by atoms with E-state index in [1.54, 1.807) is 18.2 Å². The van der Waals surface area contributed by atoms with Crippen LogP contribution >= 0.6 is 11.3 Å². The predicted molar refractivity (Wildman–Crippen MR) is 101 cm³/mol. The molecule has 1 aliphatic rings. The molecule has 134 valence electrons. The van der Waals surface area contributed by atoms with E-state index in [2.05, 4.69) is 22.0 Å². The molecule has 8 heteroatoms. The molecule has 1 fully saturated rings. The van der Waals surface area contributed by atoms with Crippen LogP contribution in [0, 0.1) is 11.3 Å². The number of urea groups is 1. The maximum Gasteiger partial charge on any atom is 0.316 e. The number of nitrogens with two attached hydrogens (primary N) is 1. The zero-order valence-electron chi connectivity index (χ0n) is 14.0. The summed E-state index contributed by atoms with van der Waals surface area (Å²) in [7, 11) is 0. The predicted octanol–water partition coefficient (Wildman–Crippen LogP) is 2.26. The van der Waals surface area contributed by atoms with Gasteiger partial charge in [-0.05, 0) is 31.5 Å². The number of rotatable bonds is 4. The number of nitrogens with one attached hydrogen (secondary N) is 3. The number of hydrogen-bond donors (Lipinski definition) is 4. The number of amides is 3. The van der Waals surface area contributed by atoms with Gasteiger partial charge in [0, 0.05) is 23.0 Å². The second kappa shape index (κ2) is 7.99. The van der Waals surface area contributed by atoms with E-state index in [1.807, 2.05) is 12.1 Å². The third kappa shape index (κ3) is 4.02. The van der Waals surface area contributed by atoms with Gasteiger partial charge in [-0.2, -0.15) is 5.26 Å². The van der Waals surface area contributed by atoms with Crippen molar-refractivity contribution in [1.82, 2.24) is 10.6 Å². The van der Waals surface area contributed by atoms with Crippen molar-refractivity contribution in [1.29, 1.82) is 5.26 Å². The van der Waals surface area contributed by atoms with Crippen molar-refractivity contribution in [2.45, 2.75) is 18.9 Å². The Morgan fingerprint density at radius 1 is 1.35 bits per heavy atom. The molecule has 0 aliphatic carbocycles. The average molecular weight is 369 g/mol. The molecule has 0 radical (unpaired) electrons. The minimum atomic E-state index is -0.740. The Balaban J connectivity index is 1.92. The first-order valence-corrected chi connectivity index (χ1v) is 9.11. The zero-order chi connectivity index (χ0) is 18.5. The molecule has 2 heterocycles. The van der Waals surface area contributed by atoms with Crippen molar-refractivity contribution in [2.24, 2.45) is 5.73 Å². The summed E-state index contributed by atoms with van der Waals surface area (Å²) in [5.74, 6) is -0.256. The molecule has 1 atom stereocenters. The van der Waals surface area contributed by atoms with Crippen molar-refractivity contribution >= 4 is 29.0 Å². The van der Waals surface area contributed by atoms with Crippen LogP contribution in [-0.2, 0) is 0 Å². The van der Waals surface area contributed by atoms with Crippen molar-refractivity contribution in [3.05, 3.63) is 40.8 Å². The summed E-state index contributed by atoms with van der Waals surface area (Å²) in [6.07, 6.45) is 1.91. The number of benzene rings is 1. The van der Waals surface area contributed by atoms with Crippen LogP contribution in [0.15, 0.2) is 30.3 Å². The van der Waals surface area contributed by atoms with Crippen molar-refractivity contribution in [2.75, 3.05) is 18.4 Å². The summed E-state index contributed by atoms with van der Waals surface area (Å²) in [6.45, 7) is 1.68. The van der Waals surface area contributed by atoms with Gasteiger partial charge in [-0.3, -0.25) is 4.79 Å². The molecule has 1 aromatic heterocycles. The molecule has 5 N–H and O–H groups in total. The molecule has 3 rings (SSSR count). The van der Waals surface area contributed by atoms with Gasteiger partial charge in [-0.1, -0.05) is 18.2 Å². The standard InChI is InChI=1S/C18H19N5O2S/c19-9-11-4-1-2-6-13(11)15-8-14(23-18(20)25)16(26-15)17(24)22-12-5-3-7-21-10-12/h1-2,4,6,8,12,21H,3,5,7,10H2,(H,22,24)(H3,20,23,25)/t12-/m0/s1. The van der Waals surface area contributed by atoms with Crippen LogP contribution in [0.3, 0.4) is 0 Å². The molecular weight excluding hydrogens is 350 g/mol. The molecule has 1 saturated heterocycles. The zero-order valence-corrected chi connectivity index (χ0v) is 14.9. The van der Waals surface area contributed by atoms with Crippen LogP contribution in [-0.4, -0.2) is 31.1 Å². The maximum atomic E-state index is 12.7. The minimum Gasteiger partial charge on any atom is -0.351 e. The lowest BCUT2D eigenvalue weighted by Crippen LogP contribution is -2.45. The first-order valence-electron chi connectivity index (χ1n) is 8.30. The largest absolute Gasteiger partial charge is 0.351 e. The molecule has 2 aromatic rings. The lowest BCUT2D eigenvalue weighted by molar-refractivity contribution is 0.0935. The Kier molecular flexibility index (Phi) is 5.51. The number of primary amides is 1. The van der Waals surface area contributed by atoms with Crippen LogP contribution in [0.4, 0.5) is 10.5 Å². The van der Waals surface area contributed by atoms with E-state index in [9.17, 15) is 14.9 Å². The molecule has 1 aromatic carbocycles. The number of nitrogens with zero attached hydrogens (tertiary/aromatic N) is 1. The molecule has 26 heavy (non-hydrogen) atoms. The SMILES string of the molecule is N#Cc1ccccc1-c1cc(NC(N)=O)c(C(=O)N[C@H]2CCCNC2)s1.